The smallest absolute Gasteiger partial charge is 0.390 e. The van der Waals surface area contributed by atoms with Crippen LogP contribution in [0.15, 0.2) is 42.6 Å². The van der Waals surface area contributed by atoms with Crippen LogP contribution in [0.25, 0.3) is 10.9 Å². The Balaban J connectivity index is 1.65. The topological polar surface area (TPSA) is 74.8 Å². The fourth-order valence-electron chi connectivity index (χ4n) is 4.60. The van der Waals surface area contributed by atoms with Gasteiger partial charge in [0.2, 0.25) is 0 Å². The van der Waals surface area contributed by atoms with Crippen LogP contribution in [0, 0.1) is 6.92 Å². The Hall–Kier alpha value is -3.20. The molecule has 4 rings (SSSR count). The van der Waals surface area contributed by atoms with Crippen molar-refractivity contribution in [3.8, 4) is 11.5 Å². The van der Waals surface area contributed by atoms with Gasteiger partial charge in [-0.2, -0.15) is 13.2 Å². The van der Waals surface area contributed by atoms with Gasteiger partial charge in [-0.25, -0.2) is 4.79 Å². The fraction of sp³-hybridized carbons (Fsp3) is 0.400. The normalized spacial score (nSPS) is 19.3. The van der Waals surface area contributed by atoms with Gasteiger partial charge in [0.15, 0.2) is 11.5 Å². The maximum absolute atomic E-state index is 12.8. The van der Waals surface area contributed by atoms with E-state index < -0.39 is 18.6 Å². The molecule has 0 spiro atoms. The number of halogens is 3. The number of aryl methyl sites for hydroxylation is 1. The number of carboxylic acids is 1. The van der Waals surface area contributed by atoms with Crippen LogP contribution in [0.5, 0.6) is 11.5 Å². The van der Waals surface area contributed by atoms with Gasteiger partial charge in [-0.3, -0.25) is 0 Å². The third kappa shape index (κ3) is 5.14. The number of ether oxygens (including phenoxy) is 2. The van der Waals surface area contributed by atoms with Gasteiger partial charge >= 0.3 is 12.1 Å². The number of aromatic amines is 1. The molecule has 2 atom stereocenters. The molecule has 3 aromatic rings. The molecular formula is C25H27F3N2O4. The highest BCUT2D eigenvalue weighted by Gasteiger charge is 2.35. The van der Waals surface area contributed by atoms with Crippen molar-refractivity contribution < 1.29 is 32.5 Å². The zero-order valence-electron chi connectivity index (χ0n) is 19.0. The van der Waals surface area contributed by atoms with Crippen molar-refractivity contribution >= 4 is 16.9 Å². The maximum atomic E-state index is 12.8. The summed E-state index contributed by atoms with van der Waals surface area (Å²) in [7, 11) is 1.57. The molecule has 0 saturated carbocycles. The number of fused-ring (bicyclic) bond motifs is 1. The van der Waals surface area contributed by atoms with E-state index in [4.69, 9.17) is 9.47 Å². The molecule has 1 aliphatic rings. The van der Waals surface area contributed by atoms with Crippen LogP contribution in [0.1, 0.15) is 40.2 Å². The second kappa shape index (κ2) is 9.58. The molecule has 1 saturated heterocycles. The van der Waals surface area contributed by atoms with E-state index in [0.29, 0.717) is 31.0 Å². The van der Waals surface area contributed by atoms with Gasteiger partial charge < -0.3 is 24.5 Å². The number of hydrogen-bond acceptors (Lipinski definition) is 4. The van der Waals surface area contributed by atoms with E-state index in [1.54, 1.807) is 24.1 Å². The molecule has 0 amide bonds. The summed E-state index contributed by atoms with van der Waals surface area (Å²) in [5.74, 6) is -0.104. The standard InChI is InChI=1S/C25H27F3N2O4/c1-15-13-21(33-2)23(18-7-10-29-22(15)18)34-20-8-11-30(12-9-25(26,27)28)14-19(20)16-3-5-17(6-4-16)24(31)32/h3-7,10,13,19-20,29H,8-9,11-12,14H2,1-2H3,(H,31,32)/t19-,20-/m1/s1. The molecule has 0 bridgehead atoms. The van der Waals surface area contributed by atoms with Gasteiger partial charge in [0.25, 0.3) is 0 Å². The van der Waals surface area contributed by atoms with Gasteiger partial charge in [0.05, 0.1) is 24.6 Å². The van der Waals surface area contributed by atoms with Crippen LogP contribution in [-0.4, -0.2) is 60.0 Å². The minimum absolute atomic E-state index is 0.0875. The van der Waals surface area contributed by atoms with Crippen molar-refractivity contribution in [3.05, 3.63) is 59.3 Å². The predicted molar refractivity (Wildman–Crippen MR) is 122 cm³/mol. The molecule has 6 nitrogen and oxygen atoms in total. The Morgan fingerprint density at radius 2 is 1.97 bits per heavy atom. The number of carbonyl (C=O) groups is 1. The molecule has 2 N–H and O–H groups in total. The molecule has 1 fully saturated rings. The van der Waals surface area contributed by atoms with E-state index in [1.807, 2.05) is 25.3 Å². The summed E-state index contributed by atoms with van der Waals surface area (Å²) in [6.45, 7) is 2.72. The number of hydrogen-bond donors (Lipinski definition) is 2. The Labute approximate surface area is 195 Å². The first-order valence-electron chi connectivity index (χ1n) is 11.1. The van der Waals surface area contributed by atoms with E-state index in [2.05, 4.69) is 4.98 Å². The minimum Gasteiger partial charge on any atom is -0.493 e. The number of nitrogens with one attached hydrogen (secondary N) is 1. The molecule has 182 valence electrons. The zero-order chi connectivity index (χ0) is 24.5. The number of likely N-dealkylation sites (tertiary alicyclic amines) is 1. The number of rotatable bonds is 7. The van der Waals surface area contributed by atoms with E-state index in [-0.39, 0.29) is 24.1 Å². The number of aromatic nitrogens is 1. The lowest BCUT2D eigenvalue weighted by Gasteiger charge is -2.39. The fourth-order valence-corrected chi connectivity index (χ4v) is 4.60. The summed E-state index contributed by atoms with van der Waals surface area (Å²) < 4.78 is 50.6. The molecule has 9 heteroatoms. The number of methoxy groups -OCH3 is 1. The monoisotopic (exact) mass is 476 g/mol. The first kappa shape index (κ1) is 23.9. The van der Waals surface area contributed by atoms with Crippen molar-refractivity contribution in [2.24, 2.45) is 0 Å². The highest BCUT2D eigenvalue weighted by Crippen LogP contribution is 2.41. The average molecular weight is 476 g/mol. The maximum Gasteiger partial charge on any atom is 0.390 e. The molecule has 2 heterocycles. The highest BCUT2D eigenvalue weighted by atomic mass is 19.4. The first-order chi connectivity index (χ1) is 16.2. The number of benzene rings is 2. The highest BCUT2D eigenvalue weighted by molar-refractivity contribution is 5.91. The van der Waals surface area contributed by atoms with Crippen LogP contribution < -0.4 is 9.47 Å². The predicted octanol–water partition coefficient (Wildman–Crippen LogP) is 5.37. The summed E-state index contributed by atoms with van der Waals surface area (Å²) >= 11 is 0. The molecule has 2 aromatic carbocycles. The van der Waals surface area contributed by atoms with E-state index in [1.165, 1.54) is 12.1 Å². The lowest BCUT2D eigenvalue weighted by molar-refractivity contribution is -0.139. The number of nitrogens with zero attached hydrogens (tertiary/aromatic N) is 1. The van der Waals surface area contributed by atoms with Crippen LogP contribution >= 0.6 is 0 Å². The summed E-state index contributed by atoms with van der Waals surface area (Å²) in [6, 6.07) is 10.3. The molecular weight excluding hydrogens is 449 g/mol. The minimum atomic E-state index is -4.22. The van der Waals surface area contributed by atoms with Crippen molar-refractivity contribution in [2.75, 3.05) is 26.7 Å². The zero-order valence-corrected chi connectivity index (χ0v) is 19.0. The van der Waals surface area contributed by atoms with Crippen LogP contribution in [-0.2, 0) is 0 Å². The van der Waals surface area contributed by atoms with E-state index >= 15 is 0 Å². The van der Waals surface area contributed by atoms with Gasteiger partial charge in [-0.05, 0) is 48.7 Å². The molecule has 1 aliphatic heterocycles. The van der Waals surface area contributed by atoms with Gasteiger partial charge in [-0.1, -0.05) is 12.1 Å². The largest absolute Gasteiger partial charge is 0.493 e. The number of aromatic carboxylic acids is 1. The Morgan fingerprint density at radius 3 is 2.62 bits per heavy atom. The summed E-state index contributed by atoms with van der Waals surface area (Å²) in [5, 5.41) is 10.1. The third-order valence-electron chi connectivity index (χ3n) is 6.38. The summed E-state index contributed by atoms with van der Waals surface area (Å²) in [6.07, 6.45) is -3.08. The molecule has 34 heavy (non-hydrogen) atoms. The van der Waals surface area contributed by atoms with Crippen LogP contribution in [0.3, 0.4) is 0 Å². The molecule has 0 aliphatic carbocycles. The molecule has 0 unspecified atom stereocenters. The van der Waals surface area contributed by atoms with Crippen molar-refractivity contribution in [2.45, 2.75) is 38.0 Å². The lowest BCUT2D eigenvalue weighted by Crippen LogP contribution is -2.45. The Morgan fingerprint density at radius 1 is 1.24 bits per heavy atom. The van der Waals surface area contributed by atoms with Gasteiger partial charge in [0.1, 0.15) is 6.10 Å². The summed E-state index contributed by atoms with van der Waals surface area (Å²) in [5.41, 5.74) is 2.91. The second-order valence-electron chi connectivity index (χ2n) is 8.64. The van der Waals surface area contributed by atoms with Crippen molar-refractivity contribution in [3.63, 3.8) is 0 Å². The number of piperidine rings is 1. The number of H-pyrrole nitrogens is 1. The number of alkyl halides is 3. The summed E-state index contributed by atoms with van der Waals surface area (Å²) in [4.78, 5) is 16.3. The average Bonchev–Trinajstić information content (AvgIpc) is 3.30. The van der Waals surface area contributed by atoms with Crippen LogP contribution in [0.4, 0.5) is 13.2 Å². The Kier molecular flexibility index (Phi) is 6.74. The van der Waals surface area contributed by atoms with E-state index in [0.717, 1.165) is 22.0 Å². The van der Waals surface area contributed by atoms with Gasteiger partial charge in [0, 0.05) is 37.1 Å². The molecule has 0 radical (unpaired) electrons. The quantitative estimate of drug-likeness (QED) is 0.480. The van der Waals surface area contributed by atoms with Crippen molar-refractivity contribution in [1.82, 2.24) is 9.88 Å². The van der Waals surface area contributed by atoms with Crippen molar-refractivity contribution in [1.29, 1.82) is 0 Å². The Bertz CT molecular complexity index is 1160. The SMILES string of the molecule is COc1cc(C)c2[nH]ccc2c1O[C@@H]1CCN(CCC(F)(F)F)C[C@@H]1c1ccc(C(=O)O)cc1. The third-order valence-corrected chi connectivity index (χ3v) is 6.38. The van der Waals surface area contributed by atoms with E-state index in [9.17, 15) is 23.1 Å². The van der Waals surface area contributed by atoms with Crippen LogP contribution in [0.2, 0.25) is 0 Å². The second-order valence-corrected chi connectivity index (χ2v) is 8.64. The first-order valence-corrected chi connectivity index (χ1v) is 11.1. The van der Waals surface area contributed by atoms with Gasteiger partial charge in [-0.15, -0.1) is 0 Å². The lowest BCUT2D eigenvalue weighted by atomic mass is 9.87. The molecule has 1 aromatic heterocycles. The number of carboxylic acid groups (broad SMARTS) is 1.